The fourth-order valence-electron chi connectivity index (χ4n) is 3.41. The first kappa shape index (κ1) is 20.2. The van der Waals surface area contributed by atoms with E-state index in [1.807, 2.05) is 66.7 Å². The molecule has 6 heteroatoms. The minimum atomic E-state index is 0.0671. The highest BCUT2D eigenvalue weighted by atomic mass is 35.5. The van der Waals surface area contributed by atoms with Crippen molar-refractivity contribution in [2.45, 2.75) is 6.54 Å². The van der Waals surface area contributed by atoms with Crippen LogP contribution in [0.15, 0.2) is 77.8 Å². The van der Waals surface area contributed by atoms with E-state index < -0.39 is 0 Å². The fraction of sp³-hybridized carbons (Fsp3) is 0.125. The minimum absolute atomic E-state index is 0.0671. The molecule has 5 N–H and O–H groups in total. The van der Waals surface area contributed by atoms with E-state index in [9.17, 15) is 5.11 Å². The normalized spacial score (nSPS) is 11.9. The van der Waals surface area contributed by atoms with Crippen molar-refractivity contribution in [2.24, 2.45) is 10.7 Å². The summed E-state index contributed by atoms with van der Waals surface area (Å²) < 4.78 is 0. The first-order valence-electron chi connectivity index (χ1n) is 9.80. The van der Waals surface area contributed by atoms with Gasteiger partial charge in [0.2, 0.25) is 0 Å². The first-order chi connectivity index (χ1) is 14.7. The average Bonchev–Trinajstić information content (AvgIpc) is 3.08. The minimum Gasteiger partial charge on any atom is -0.494 e. The lowest BCUT2D eigenvalue weighted by Crippen LogP contribution is -2.21. The molecule has 0 aliphatic carbocycles. The van der Waals surface area contributed by atoms with E-state index in [2.05, 4.69) is 10.3 Å². The number of nitrogens with one attached hydrogen (secondary N) is 2. The van der Waals surface area contributed by atoms with Crippen LogP contribution in [-0.2, 0) is 6.54 Å². The zero-order valence-electron chi connectivity index (χ0n) is 16.4. The second kappa shape index (κ2) is 9.13. The van der Waals surface area contributed by atoms with Crippen LogP contribution in [0.1, 0.15) is 16.7 Å². The third kappa shape index (κ3) is 4.39. The number of hydrogen-bond donors (Lipinski definition) is 4. The molecule has 0 radical (unpaired) electrons. The van der Waals surface area contributed by atoms with Crippen molar-refractivity contribution in [1.82, 2.24) is 10.3 Å². The van der Waals surface area contributed by atoms with Crippen LogP contribution in [0.4, 0.5) is 5.69 Å². The number of nitrogens with two attached hydrogens (primary N) is 1. The van der Waals surface area contributed by atoms with Gasteiger partial charge in [-0.15, -0.1) is 0 Å². The molecule has 0 atom stereocenters. The number of nitrogens with zero attached hydrogens (tertiary/aromatic N) is 1. The van der Waals surface area contributed by atoms with Gasteiger partial charge in [0.15, 0.2) is 5.88 Å². The molecule has 0 saturated heterocycles. The van der Waals surface area contributed by atoms with Crippen molar-refractivity contribution in [1.29, 1.82) is 0 Å². The summed E-state index contributed by atoms with van der Waals surface area (Å²) in [6.45, 7) is 2.15. The number of benzene rings is 3. The van der Waals surface area contributed by atoms with Crippen LogP contribution in [0.5, 0.6) is 5.88 Å². The number of aliphatic imine (C=N–C) groups is 1. The molecule has 0 fully saturated rings. The van der Waals surface area contributed by atoms with Crippen LogP contribution in [0.2, 0.25) is 5.02 Å². The summed E-state index contributed by atoms with van der Waals surface area (Å²) in [6, 6.07) is 23.4. The summed E-state index contributed by atoms with van der Waals surface area (Å²) in [5.41, 5.74) is 10.5. The molecule has 4 rings (SSSR count). The van der Waals surface area contributed by atoms with Gasteiger partial charge in [0, 0.05) is 35.6 Å². The van der Waals surface area contributed by atoms with Gasteiger partial charge in [0.1, 0.15) is 0 Å². The predicted molar refractivity (Wildman–Crippen MR) is 124 cm³/mol. The molecule has 1 aromatic heterocycles. The molecule has 4 aromatic rings. The van der Waals surface area contributed by atoms with Crippen molar-refractivity contribution < 1.29 is 5.11 Å². The van der Waals surface area contributed by atoms with E-state index in [0.29, 0.717) is 22.8 Å². The summed E-state index contributed by atoms with van der Waals surface area (Å²) in [5, 5.41) is 15.5. The van der Waals surface area contributed by atoms with Gasteiger partial charge in [0.05, 0.1) is 22.5 Å². The van der Waals surface area contributed by atoms with Gasteiger partial charge < -0.3 is 21.1 Å². The molecule has 1 heterocycles. The van der Waals surface area contributed by atoms with Crippen molar-refractivity contribution in [2.75, 3.05) is 13.1 Å². The number of hydrogen-bond acceptors (Lipinski definition) is 4. The Labute approximate surface area is 180 Å². The second-order valence-electron chi connectivity index (χ2n) is 7.00. The summed E-state index contributed by atoms with van der Waals surface area (Å²) in [6.07, 6.45) is 0. The Morgan fingerprint density at radius 2 is 1.80 bits per heavy atom. The van der Waals surface area contributed by atoms with Crippen LogP contribution in [0, 0.1) is 0 Å². The number of fused-ring (bicyclic) bond motifs is 1. The van der Waals surface area contributed by atoms with Crippen LogP contribution in [-0.4, -0.2) is 28.9 Å². The molecular weight excluding hydrogens is 396 g/mol. The highest BCUT2D eigenvalue weighted by Crippen LogP contribution is 2.32. The van der Waals surface area contributed by atoms with E-state index in [4.69, 9.17) is 22.3 Å². The van der Waals surface area contributed by atoms with Crippen molar-refractivity contribution in [3.63, 3.8) is 0 Å². The molecule has 0 aliphatic rings. The Morgan fingerprint density at radius 3 is 2.53 bits per heavy atom. The number of H-pyrrole nitrogens is 1. The van der Waals surface area contributed by atoms with Crippen molar-refractivity contribution >= 4 is 33.9 Å². The van der Waals surface area contributed by atoms with Crippen LogP contribution >= 0.6 is 11.6 Å². The Hall–Kier alpha value is -3.12. The predicted octanol–water partition coefficient (Wildman–Crippen LogP) is 4.74. The fourth-order valence-corrected chi connectivity index (χ4v) is 3.58. The monoisotopic (exact) mass is 418 g/mol. The topological polar surface area (TPSA) is 86.4 Å². The average molecular weight is 419 g/mol. The standard InChI is InChI=1S/C24H23ClN4O/c25-18-8-11-20-21(14-18)29-24(30)22(20)23(17-4-2-1-3-5-17)28-19-9-6-16(7-10-19)15-27-13-12-26/h1-11,14,27,29-30H,12-13,15,26H2. The van der Waals surface area contributed by atoms with Gasteiger partial charge in [-0.1, -0.05) is 60.1 Å². The highest BCUT2D eigenvalue weighted by molar-refractivity contribution is 6.31. The Kier molecular flexibility index (Phi) is 6.14. The van der Waals surface area contributed by atoms with Crippen LogP contribution in [0.25, 0.3) is 10.9 Å². The smallest absolute Gasteiger partial charge is 0.199 e. The number of rotatable bonds is 7. The van der Waals surface area contributed by atoms with Gasteiger partial charge in [-0.25, -0.2) is 4.99 Å². The zero-order valence-corrected chi connectivity index (χ0v) is 17.2. The molecule has 0 unspecified atom stereocenters. The quantitative estimate of drug-likeness (QED) is 0.258. The molecule has 0 amide bonds. The van der Waals surface area contributed by atoms with Crippen LogP contribution < -0.4 is 11.1 Å². The number of aromatic amines is 1. The molecular formula is C24H23ClN4O. The molecule has 3 aromatic carbocycles. The van der Waals surface area contributed by atoms with Gasteiger partial charge in [0.25, 0.3) is 0 Å². The van der Waals surface area contributed by atoms with E-state index in [-0.39, 0.29) is 5.88 Å². The second-order valence-corrected chi connectivity index (χ2v) is 7.43. The third-order valence-corrected chi connectivity index (χ3v) is 5.09. The molecule has 30 heavy (non-hydrogen) atoms. The molecule has 0 saturated carbocycles. The Balaban J connectivity index is 1.78. The zero-order chi connectivity index (χ0) is 20.9. The van der Waals surface area contributed by atoms with E-state index in [1.165, 1.54) is 0 Å². The maximum atomic E-state index is 10.7. The number of aromatic nitrogens is 1. The molecule has 0 aliphatic heterocycles. The summed E-state index contributed by atoms with van der Waals surface area (Å²) in [4.78, 5) is 7.92. The lowest BCUT2D eigenvalue weighted by molar-refractivity contribution is 0.457. The van der Waals surface area contributed by atoms with Gasteiger partial charge in [-0.2, -0.15) is 0 Å². The number of aromatic hydroxyl groups is 1. The van der Waals surface area contributed by atoms with Crippen molar-refractivity contribution in [3.05, 3.63) is 94.5 Å². The maximum Gasteiger partial charge on any atom is 0.199 e. The Morgan fingerprint density at radius 1 is 1.03 bits per heavy atom. The molecule has 152 valence electrons. The Bertz CT molecular complexity index is 1170. The lowest BCUT2D eigenvalue weighted by atomic mass is 10.0. The van der Waals surface area contributed by atoms with Gasteiger partial charge in [-0.05, 0) is 29.8 Å². The summed E-state index contributed by atoms with van der Waals surface area (Å²) in [5.74, 6) is 0.0671. The van der Waals surface area contributed by atoms with Gasteiger partial charge in [-0.3, -0.25) is 0 Å². The lowest BCUT2D eigenvalue weighted by Gasteiger charge is -2.08. The summed E-state index contributed by atoms with van der Waals surface area (Å²) in [7, 11) is 0. The molecule has 0 spiro atoms. The maximum absolute atomic E-state index is 10.7. The SMILES string of the molecule is NCCNCc1ccc(N=C(c2ccccc2)c2c(O)[nH]c3cc(Cl)ccc23)cc1. The largest absolute Gasteiger partial charge is 0.494 e. The van der Waals surface area contributed by atoms with E-state index in [0.717, 1.165) is 40.8 Å². The molecule has 5 nitrogen and oxygen atoms in total. The number of halogens is 1. The summed E-state index contributed by atoms with van der Waals surface area (Å²) >= 11 is 6.12. The van der Waals surface area contributed by atoms with E-state index in [1.54, 1.807) is 6.07 Å². The van der Waals surface area contributed by atoms with Gasteiger partial charge >= 0.3 is 0 Å². The first-order valence-corrected chi connectivity index (χ1v) is 10.2. The van der Waals surface area contributed by atoms with Crippen molar-refractivity contribution in [3.8, 4) is 5.88 Å². The highest BCUT2D eigenvalue weighted by Gasteiger charge is 2.18. The van der Waals surface area contributed by atoms with E-state index >= 15 is 0 Å². The molecule has 0 bridgehead atoms. The van der Waals surface area contributed by atoms with Crippen LogP contribution in [0.3, 0.4) is 0 Å². The third-order valence-electron chi connectivity index (χ3n) is 4.85.